The molecular formula is C26H27NO3. The molecule has 4 rings (SSSR count). The van der Waals surface area contributed by atoms with E-state index in [9.17, 15) is 4.79 Å². The molecule has 0 aliphatic heterocycles. The maximum Gasteiger partial charge on any atom is 0.265 e. The zero-order valence-electron chi connectivity index (χ0n) is 17.3. The number of aryl methyl sites for hydroxylation is 2. The van der Waals surface area contributed by atoms with Crippen molar-refractivity contribution in [2.24, 2.45) is 0 Å². The van der Waals surface area contributed by atoms with Crippen LogP contribution >= 0.6 is 0 Å². The summed E-state index contributed by atoms with van der Waals surface area (Å²) in [5.74, 6) is 2.12. The van der Waals surface area contributed by atoms with E-state index in [0.29, 0.717) is 12.1 Å². The number of para-hydroxylation sites is 1. The Kier molecular flexibility index (Phi) is 6.33. The van der Waals surface area contributed by atoms with Gasteiger partial charge in [0.1, 0.15) is 17.2 Å². The molecule has 1 amide bonds. The second-order valence-corrected chi connectivity index (χ2v) is 7.58. The van der Waals surface area contributed by atoms with Gasteiger partial charge in [0.15, 0.2) is 6.10 Å². The Hall–Kier alpha value is -3.27. The molecule has 30 heavy (non-hydrogen) atoms. The number of fused-ring (bicyclic) bond motifs is 1. The van der Waals surface area contributed by atoms with Gasteiger partial charge >= 0.3 is 0 Å². The third-order valence-corrected chi connectivity index (χ3v) is 5.36. The van der Waals surface area contributed by atoms with Gasteiger partial charge in [-0.05, 0) is 91.8 Å². The average molecular weight is 402 g/mol. The molecule has 0 fully saturated rings. The second-order valence-electron chi connectivity index (χ2n) is 7.58. The van der Waals surface area contributed by atoms with Gasteiger partial charge in [0.2, 0.25) is 0 Å². The Labute approximate surface area is 177 Å². The van der Waals surface area contributed by atoms with Crippen molar-refractivity contribution in [3.8, 4) is 17.2 Å². The van der Waals surface area contributed by atoms with Gasteiger partial charge in [-0.15, -0.1) is 0 Å². The van der Waals surface area contributed by atoms with Crippen LogP contribution in [0.1, 0.15) is 37.3 Å². The van der Waals surface area contributed by atoms with Crippen molar-refractivity contribution in [2.75, 3.05) is 5.32 Å². The summed E-state index contributed by atoms with van der Waals surface area (Å²) >= 11 is 0. The summed E-state index contributed by atoms with van der Waals surface area (Å²) < 4.78 is 11.8. The lowest BCUT2D eigenvalue weighted by Gasteiger charge is -2.20. The van der Waals surface area contributed by atoms with Gasteiger partial charge in [0.05, 0.1) is 0 Å². The number of carbonyl (C=O) groups is 1. The van der Waals surface area contributed by atoms with Crippen LogP contribution in [0.5, 0.6) is 17.2 Å². The van der Waals surface area contributed by atoms with E-state index in [2.05, 4.69) is 17.4 Å². The van der Waals surface area contributed by atoms with Gasteiger partial charge in [-0.1, -0.05) is 31.2 Å². The molecule has 0 bridgehead atoms. The van der Waals surface area contributed by atoms with Gasteiger partial charge in [-0.2, -0.15) is 0 Å². The predicted octanol–water partition coefficient (Wildman–Crippen LogP) is 6.15. The number of rotatable bonds is 7. The second kappa shape index (κ2) is 9.49. The number of ether oxygens (including phenoxy) is 2. The summed E-state index contributed by atoms with van der Waals surface area (Å²) in [6.07, 6.45) is 4.76. The van der Waals surface area contributed by atoms with Crippen molar-refractivity contribution < 1.29 is 14.3 Å². The summed E-state index contributed by atoms with van der Waals surface area (Å²) in [4.78, 5) is 12.7. The molecule has 0 radical (unpaired) electrons. The Morgan fingerprint density at radius 2 is 1.53 bits per heavy atom. The maximum atomic E-state index is 12.7. The highest BCUT2D eigenvalue weighted by atomic mass is 16.5. The Bertz CT molecular complexity index is 983. The largest absolute Gasteiger partial charge is 0.481 e. The van der Waals surface area contributed by atoms with Crippen LogP contribution in [-0.4, -0.2) is 12.0 Å². The first-order valence-corrected chi connectivity index (χ1v) is 10.6. The highest BCUT2D eigenvalue weighted by Crippen LogP contribution is 2.27. The minimum Gasteiger partial charge on any atom is -0.481 e. The quantitative estimate of drug-likeness (QED) is 0.516. The van der Waals surface area contributed by atoms with Crippen molar-refractivity contribution in [1.29, 1.82) is 0 Å². The predicted molar refractivity (Wildman–Crippen MR) is 119 cm³/mol. The number of benzene rings is 3. The molecule has 0 saturated carbocycles. The average Bonchev–Trinajstić information content (AvgIpc) is 2.79. The van der Waals surface area contributed by atoms with Gasteiger partial charge < -0.3 is 14.8 Å². The highest BCUT2D eigenvalue weighted by molar-refractivity contribution is 5.94. The van der Waals surface area contributed by atoms with Crippen LogP contribution in [0.3, 0.4) is 0 Å². The zero-order chi connectivity index (χ0) is 20.8. The van der Waals surface area contributed by atoms with Crippen LogP contribution in [0.2, 0.25) is 0 Å². The molecule has 0 aromatic heterocycles. The molecule has 1 atom stereocenters. The molecule has 1 aliphatic carbocycles. The maximum absolute atomic E-state index is 12.7. The van der Waals surface area contributed by atoms with Crippen LogP contribution in [-0.2, 0) is 17.6 Å². The van der Waals surface area contributed by atoms with Gasteiger partial charge in [0.25, 0.3) is 5.91 Å². The molecule has 0 saturated heterocycles. The van der Waals surface area contributed by atoms with Gasteiger partial charge in [0, 0.05) is 5.69 Å². The standard InChI is InChI=1S/C26H27NO3/c1-2-25(30-24-15-12-19-8-6-7-9-20(19)18-24)26(28)27-21-13-16-23(17-14-21)29-22-10-4-3-5-11-22/h3-5,10-18,25H,2,6-9H2,1H3,(H,27,28). The molecule has 4 nitrogen and oxygen atoms in total. The van der Waals surface area contributed by atoms with E-state index in [1.165, 1.54) is 24.0 Å². The first kappa shape index (κ1) is 20.0. The van der Waals surface area contributed by atoms with E-state index in [1.54, 1.807) is 0 Å². The lowest BCUT2D eigenvalue weighted by Crippen LogP contribution is -2.32. The van der Waals surface area contributed by atoms with Crippen molar-refractivity contribution in [3.05, 3.63) is 83.9 Å². The zero-order valence-corrected chi connectivity index (χ0v) is 17.3. The van der Waals surface area contributed by atoms with Crippen molar-refractivity contribution in [2.45, 2.75) is 45.1 Å². The van der Waals surface area contributed by atoms with Crippen LogP contribution in [0.15, 0.2) is 72.8 Å². The van der Waals surface area contributed by atoms with Crippen LogP contribution < -0.4 is 14.8 Å². The Morgan fingerprint density at radius 1 is 0.867 bits per heavy atom. The molecule has 0 heterocycles. The van der Waals surface area contributed by atoms with Gasteiger partial charge in [-0.3, -0.25) is 4.79 Å². The SMILES string of the molecule is CCC(Oc1ccc2c(c1)CCCC2)C(=O)Nc1ccc(Oc2ccccc2)cc1. The smallest absolute Gasteiger partial charge is 0.265 e. The summed E-state index contributed by atoms with van der Waals surface area (Å²) in [6, 6.07) is 23.2. The number of hydrogen-bond donors (Lipinski definition) is 1. The number of amides is 1. The van der Waals surface area contributed by atoms with Crippen molar-refractivity contribution in [3.63, 3.8) is 0 Å². The van der Waals surface area contributed by atoms with Crippen LogP contribution in [0.25, 0.3) is 0 Å². The molecule has 0 spiro atoms. The van der Waals surface area contributed by atoms with Crippen LogP contribution in [0.4, 0.5) is 5.69 Å². The number of anilines is 1. The third kappa shape index (κ3) is 5.01. The fourth-order valence-electron chi connectivity index (χ4n) is 3.72. The lowest BCUT2D eigenvalue weighted by atomic mass is 9.92. The number of nitrogens with one attached hydrogen (secondary N) is 1. The van der Waals surface area contributed by atoms with E-state index < -0.39 is 6.10 Å². The lowest BCUT2D eigenvalue weighted by molar-refractivity contribution is -0.122. The fraction of sp³-hybridized carbons (Fsp3) is 0.269. The van der Waals surface area contributed by atoms with Gasteiger partial charge in [-0.25, -0.2) is 0 Å². The van der Waals surface area contributed by atoms with Crippen molar-refractivity contribution >= 4 is 11.6 Å². The van der Waals surface area contributed by atoms with E-state index in [-0.39, 0.29) is 5.91 Å². The van der Waals surface area contributed by atoms with E-state index in [1.807, 2.05) is 67.6 Å². The summed E-state index contributed by atoms with van der Waals surface area (Å²) in [7, 11) is 0. The minimum atomic E-state index is -0.535. The monoisotopic (exact) mass is 401 g/mol. The van der Waals surface area contributed by atoms with Crippen molar-refractivity contribution in [1.82, 2.24) is 0 Å². The summed E-state index contributed by atoms with van der Waals surface area (Å²) in [5.41, 5.74) is 3.47. The molecule has 1 unspecified atom stereocenters. The number of carbonyl (C=O) groups excluding carboxylic acids is 1. The highest BCUT2D eigenvalue weighted by Gasteiger charge is 2.19. The van der Waals surface area contributed by atoms with Crippen LogP contribution in [0, 0.1) is 0 Å². The normalized spacial score (nSPS) is 13.8. The third-order valence-electron chi connectivity index (χ3n) is 5.36. The number of hydrogen-bond acceptors (Lipinski definition) is 3. The molecule has 154 valence electrons. The summed E-state index contributed by atoms with van der Waals surface area (Å²) in [5, 5.41) is 2.95. The van der Waals surface area contributed by atoms with E-state index in [4.69, 9.17) is 9.47 Å². The van der Waals surface area contributed by atoms with E-state index >= 15 is 0 Å². The first-order valence-electron chi connectivity index (χ1n) is 10.6. The Morgan fingerprint density at radius 3 is 2.27 bits per heavy atom. The van der Waals surface area contributed by atoms with E-state index in [0.717, 1.165) is 30.1 Å². The molecule has 3 aromatic rings. The Balaban J connectivity index is 1.37. The molecular weight excluding hydrogens is 374 g/mol. The topological polar surface area (TPSA) is 47.6 Å². The molecule has 3 aromatic carbocycles. The minimum absolute atomic E-state index is 0.146. The summed E-state index contributed by atoms with van der Waals surface area (Å²) in [6.45, 7) is 1.96. The molecule has 1 N–H and O–H groups in total. The molecule has 4 heteroatoms. The fourth-order valence-corrected chi connectivity index (χ4v) is 3.72. The first-order chi connectivity index (χ1) is 14.7. The molecule has 1 aliphatic rings.